The van der Waals surface area contributed by atoms with Crippen LogP contribution in [0.15, 0.2) is 59.5 Å². The molecular weight excluding hydrogens is 398 g/mol. The predicted molar refractivity (Wildman–Crippen MR) is 119 cm³/mol. The first-order valence-electron chi connectivity index (χ1n) is 10.4. The zero-order chi connectivity index (χ0) is 22.5. The molecule has 0 fully saturated rings. The van der Waals surface area contributed by atoms with Crippen molar-refractivity contribution in [3.63, 3.8) is 0 Å². The van der Waals surface area contributed by atoms with Crippen LogP contribution < -0.4 is 0 Å². The second kappa shape index (κ2) is 10.3. The molecule has 2 atom stereocenters. The van der Waals surface area contributed by atoms with Crippen LogP contribution in [0.3, 0.4) is 0 Å². The maximum atomic E-state index is 13.6. The molecule has 0 unspecified atom stereocenters. The summed E-state index contributed by atoms with van der Waals surface area (Å²) in [5, 5.41) is 11.0. The molecule has 0 bridgehead atoms. The fourth-order valence-corrected chi connectivity index (χ4v) is 5.27. The van der Waals surface area contributed by atoms with Crippen molar-refractivity contribution in [1.29, 1.82) is 0 Å². The first-order chi connectivity index (χ1) is 14.0. The van der Waals surface area contributed by atoms with Crippen LogP contribution >= 0.6 is 0 Å². The molecule has 2 aromatic rings. The highest BCUT2D eigenvalue weighted by Gasteiger charge is 2.38. The summed E-state index contributed by atoms with van der Waals surface area (Å²) in [5.41, 5.74) is 1.78. The normalized spacial score (nSPS) is 14.3. The van der Waals surface area contributed by atoms with Crippen molar-refractivity contribution < 1.29 is 18.3 Å². The molecule has 0 aliphatic heterocycles. The Bertz CT molecular complexity index is 921. The van der Waals surface area contributed by atoms with Crippen LogP contribution in [0.4, 0.5) is 0 Å². The summed E-state index contributed by atoms with van der Waals surface area (Å²) >= 11 is 0. The van der Waals surface area contributed by atoms with E-state index in [9.17, 15) is 18.3 Å². The second-order valence-corrected chi connectivity index (χ2v) is 10.4. The quantitative estimate of drug-likeness (QED) is 0.612. The molecule has 0 aromatic heterocycles. The number of rotatable bonds is 10. The average Bonchev–Trinajstić information content (AvgIpc) is 2.68. The van der Waals surface area contributed by atoms with Crippen LogP contribution in [0.25, 0.3) is 0 Å². The van der Waals surface area contributed by atoms with Gasteiger partial charge in [0, 0.05) is 18.9 Å². The van der Waals surface area contributed by atoms with Gasteiger partial charge in [0.1, 0.15) is 5.78 Å². The molecular formula is C24H33NO4S. The third-order valence-electron chi connectivity index (χ3n) is 5.27. The third kappa shape index (κ3) is 6.00. The smallest absolute Gasteiger partial charge is 0.243 e. The summed E-state index contributed by atoms with van der Waals surface area (Å²) in [6, 6.07) is 15.3. The number of carbonyl (C=O) groups is 1. The molecule has 1 N–H and O–H groups in total. The number of sulfonamides is 1. The molecule has 2 rings (SSSR count). The number of Topliss-reactive ketones (excluding diaryl/α,β-unsaturated/α-hetero) is 1. The highest BCUT2D eigenvalue weighted by Crippen LogP contribution is 2.28. The number of aliphatic hydroxyl groups excluding tert-OH is 1. The van der Waals surface area contributed by atoms with Crippen molar-refractivity contribution >= 4 is 15.8 Å². The van der Waals surface area contributed by atoms with Crippen LogP contribution in [0.5, 0.6) is 0 Å². The number of hydrogen-bond acceptors (Lipinski definition) is 4. The van der Waals surface area contributed by atoms with E-state index in [0.717, 1.165) is 11.1 Å². The van der Waals surface area contributed by atoms with Gasteiger partial charge in [0.15, 0.2) is 0 Å². The molecule has 0 saturated heterocycles. The molecule has 164 valence electrons. The van der Waals surface area contributed by atoms with Gasteiger partial charge < -0.3 is 5.11 Å². The summed E-state index contributed by atoms with van der Waals surface area (Å²) in [6.45, 7) is 9.32. The van der Waals surface area contributed by atoms with Crippen molar-refractivity contribution in [2.24, 2.45) is 11.8 Å². The molecule has 0 aliphatic rings. The van der Waals surface area contributed by atoms with Crippen LogP contribution in [-0.4, -0.2) is 35.8 Å². The minimum absolute atomic E-state index is 0.0742. The van der Waals surface area contributed by atoms with Crippen molar-refractivity contribution in [2.45, 2.75) is 64.6 Å². The largest absolute Gasteiger partial charge is 0.391 e. The fraction of sp³-hybridized carbons (Fsp3) is 0.458. The van der Waals surface area contributed by atoms with Gasteiger partial charge >= 0.3 is 0 Å². The van der Waals surface area contributed by atoms with Gasteiger partial charge in [0.2, 0.25) is 10.0 Å². The van der Waals surface area contributed by atoms with E-state index in [-0.39, 0.29) is 35.5 Å². The van der Waals surface area contributed by atoms with Crippen molar-refractivity contribution in [3.8, 4) is 0 Å². The Kier molecular flexibility index (Phi) is 8.35. The first kappa shape index (κ1) is 24.3. The molecule has 0 radical (unpaired) electrons. The molecule has 0 heterocycles. The van der Waals surface area contributed by atoms with E-state index in [2.05, 4.69) is 0 Å². The highest BCUT2D eigenvalue weighted by atomic mass is 32.2. The molecule has 5 nitrogen and oxygen atoms in total. The topological polar surface area (TPSA) is 74.7 Å². The summed E-state index contributed by atoms with van der Waals surface area (Å²) in [6.07, 6.45) is -1.17. The minimum atomic E-state index is -3.90. The van der Waals surface area contributed by atoms with Gasteiger partial charge in [-0.05, 0) is 30.5 Å². The van der Waals surface area contributed by atoms with Crippen molar-refractivity contribution in [1.82, 2.24) is 4.31 Å². The first-order valence-corrected chi connectivity index (χ1v) is 11.8. The minimum Gasteiger partial charge on any atom is -0.391 e. The second-order valence-electron chi connectivity index (χ2n) is 8.48. The van der Waals surface area contributed by atoms with E-state index in [1.165, 1.54) is 4.31 Å². The lowest BCUT2D eigenvalue weighted by atomic mass is 9.92. The molecule has 0 saturated carbocycles. The van der Waals surface area contributed by atoms with E-state index in [1.807, 2.05) is 51.1 Å². The van der Waals surface area contributed by atoms with Gasteiger partial charge in [-0.1, -0.05) is 75.7 Å². The van der Waals surface area contributed by atoms with Gasteiger partial charge in [-0.2, -0.15) is 4.31 Å². The van der Waals surface area contributed by atoms with Crippen LogP contribution in [-0.2, 0) is 21.4 Å². The zero-order valence-electron chi connectivity index (χ0n) is 18.4. The molecule has 6 heteroatoms. The number of nitrogens with zero attached hydrogens (tertiary/aromatic N) is 1. The van der Waals surface area contributed by atoms with Gasteiger partial charge in [0.05, 0.1) is 17.0 Å². The summed E-state index contributed by atoms with van der Waals surface area (Å²) in [7, 11) is -3.90. The Balaban J connectivity index is 2.51. The number of carbonyl (C=O) groups excluding carboxylic acids is 1. The summed E-state index contributed by atoms with van der Waals surface area (Å²) < 4.78 is 28.7. The number of aryl methyl sites for hydroxylation is 1. The van der Waals surface area contributed by atoms with E-state index >= 15 is 0 Å². The fourth-order valence-electron chi connectivity index (χ4n) is 3.49. The number of aliphatic hydroxyl groups is 1. The highest BCUT2D eigenvalue weighted by molar-refractivity contribution is 7.89. The maximum Gasteiger partial charge on any atom is 0.243 e. The summed E-state index contributed by atoms with van der Waals surface area (Å²) in [4.78, 5) is 12.5. The van der Waals surface area contributed by atoms with Crippen LogP contribution in [0.1, 0.15) is 45.2 Å². The lowest BCUT2D eigenvalue weighted by Gasteiger charge is -2.36. The molecule has 0 aliphatic carbocycles. The Morgan fingerprint density at radius 1 is 0.967 bits per heavy atom. The summed E-state index contributed by atoms with van der Waals surface area (Å²) in [5.74, 6) is -0.492. The Labute approximate surface area is 180 Å². The molecule has 0 spiro atoms. The van der Waals surface area contributed by atoms with Gasteiger partial charge in [-0.15, -0.1) is 0 Å². The third-order valence-corrected chi connectivity index (χ3v) is 7.13. The number of hydrogen-bond donors (Lipinski definition) is 1. The Morgan fingerprint density at radius 2 is 1.53 bits per heavy atom. The maximum absolute atomic E-state index is 13.6. The van der Waals surface area contributed by atoms with E-state index in [4.69, 9.17) is 0 Å². The van der Waals surface area contributed by atoms with E-state index in [0.29, 0.717) is 0 Å². The lowest BCUT2D eigenvalue weighted by molar-refractivity contribution is -0.124. The van der Waals surface area contributed by atoms with Gasteiger partial charge in [0.25, 0.3) is 0 Å². The predicted octanol–water partition coefficient (Wildman–Crippen LogP) is 4.19. The Hall–Kier alpha value is -2.02. The van der Waals surface area contributed by atoms with Crippen molar-refractivity contribution in [3.05, 3.63) is 65.7 Å². The van der Waals surface area contributed by atoms with Crippen molar-refractivity contribution in [2.75, 3.05) is 0 Å². The SMILES string of the molecule is Cc1ccc(S(=O)(=O)N(Cc2ccccc2)[C@@H](C(C)C)[C@H](O)CC(=O)C(C)C)cc1. The van der Waals surface area contributed by atoms with Crippen LogP contribution in [0.2, 0.25) is 0 Å². The van der Waals surface area contributed by atoms with E-state index in [1.54, 1.807) is 38.1 Å². The van der Waals surface area contributed by atoms with Crippen LogP contribution in [0, 0.1) is 18.8 Å². The van der Waals surface area contributed by atoms with Gasteiger partial charge in [-0.25, -0.2) is 8.42 Å². The molecule has 0 amide bonds. The number of benzene rings is 2. The van der Waals surface area contributed by atoms with E-state index < -0.39 is 22.2 Å². The Morgan fingerprint density at radius 3 is 2.03 bits per heavy atom. The average molecular weight is 432 g/mol. The number of ketones is 1. The van der Waals surface area contributed by atoms with Gasteiger partial charge in [-0.3, -0.25) is 4.79 Å². The molecule has 30 heavy (non-hydrogen) atoms. The molecule has 2 aromatic carbocycles. The monoisotopic (exact) mass is 431 g/mol. The standard InChI is InChI=1S/C24H33NO4S/c1-17(2)22(26)15-23(27)24(18(3)4)25(16-20-9-7-6-8-10-20)30(28,29)21-13-11-19(5)12-14-21/h6-14,17-18,23-24,27H,15-16H2,1-5H3/t23-,24+/m1/s1. The zero-order valence-corrected chi connectivity index (χ0v) is 19.3. The lowest BCUT2D eigenvalue weighted by Crippen LogP contribution is -2.50.